The summed E-state index contributed by atoms with van der Waals surface area (Å²) in [6, 6.07) is 0. The summed E-state index contributed by atoms with van der Waals surface area (Å²) in [6.45, 7) is 2.20. The summed E-state index contributed by atoms with van der Waals surface area (Å²) in [5, 5.41) is 15.1. The molecular formula is C8H13N5O2. The van der Waals surface area contributed by atoms with E-state index in [0.717, 1.165) is 0 Å². The molecule has 2 rings (SSSR count). The highest BCUT2D eigenvalue weighted by Crippen LogP contribution is 2.24. The van der Waals surface area contributed by atoms with Crippen molar-refractivity contribution >= 4 is 17.5 Å². The van der Waals surface area contributed by atoms with Crippen LogP contribution >= 0.6 is 0 Å². The molecule has 1 atom stereocenters. The van der Waals surface area contributed by atoms with Crippen LogP contribution in [0.15, 0.2) is 4.79 Å². The number of nitrogen functional groups attached to an aromatic ring is 1. The molecule has 1 aromatic heterocycles. The first-order valence-corrected chi connectivity index (χ1v) is 4.57. The molecule has 1 aliphatic heterocycles. The van der Waals surface area contributed by atoms with Gasteiger partial charge in [-0.3, -0.25) is 9.78 Å². The Bertz CT molecular complexity index is 443. The van der Waals surface area contributed by atoms with Crippen LogP contribution in [0.1, 0.15) is 6.92 Å². The fourth-order valence-electron chi connectivity index (χ4n) is 1.45. The molecule has 0 bridgehead atoms. The van der Waals surface area contributed by atoms with Crippen molar-refractivity contribution in [2.75, 3.05) is 29.5 Å². The average molecular weight is 211 g/mol. The highest BCUT2D eigenvalue weighted by atomic mass is 16.3. The van der Waals surface area contributed by atoms with Crippen LogP contribution in [0.5, 0.6) is 0 Å². The first kappa shape index (κ1) is 9.78. The molecule has 1 aliphatic rings. The largest absolute Gasteiger partial charge is 0.394 e. The lowest BCUT2D eigenvalue weighted by atomic mass is 10.0. The molecule has 0 aromatic carbocycles. The molecule has 82 valence electrons. The van der Waals surface area contributed by atoms with Crippen molar-refractivity contribution in [2.24, 2.45) is 0 Å². The molecule has 0 spiro atoms. The number of aliphatic hydroxyl groups is 1. The molecule has 0 saturated carbocycles. The van der Waals surface area contributed by atoms with Gasteiger partial charge in [0.15, 0.2) is 5.82 Å². The van der Waals surface area contributed by atoms with Gasteiger partial charge in [0.1, 0.15) is 5.69 Å². The summed E-state index contributed by atoms with van der Waals surface area (Å²) in [4.78, 5) is 17.9. The van der Waals surface area contributed by atoms with E-state index in [-0.39, 0.29) is 18.1 Å². The molecule has 0 saturated heterocycles. The second-order valence-corrected chi connectivity index (χ2v) is 3.87. The van der Waals surface area contributed by atoms with E-state index in [0.29, 0.717) is 18.1 Å². The van der Waals surface area contributed by atoms with Crippen molar-refractivity contribution in [3.63, 3.8) is 0 Å². The minimum absolute atomic E-state index is 0.0700. The third-order valence-corrected chi connectivity index (χ3v) is 2.36. The lowest BCUT2D eigenvalue weighted by molar-refractivity contribution is 0.228. The van der Waals surface area contributed by atoms with E-state index in [1.54, 1.807) is 6.92 Å². The third kappa shape index (κ3) is 1.61. The molecule has 0 fully saturated rings. The Hall–Kier alpha value is -1.76. The summed E-state index contributed by atoms with van der Waals surface area (Å²) in [5.74, 6) is 0.489. The van der Waals surface area contributed by atoms with Gasteiger partial charge in [-0.15, -0.1) is 0 Å². The zero-order chi connectivity index (χ0) is 11.1. The molecule has 6 N–H and O–H groups in total. The van der Waals surface area contributed by atoms with E-state index in [9.17, 15) is 4.79 Å². The Kier molecular flexibility index (Phi) is 2.04. The van der Waals surface area contributed by atoms with Crippen LogP contribution in [0.2, 0.25) is 0 Å². The van der Waals surface area contributed by atoms with Crippen molar-refractivity contribution in [3.05, 3.63) is 10.4 Å². The Morgan fingerprint density at radius 1 is 1.67 bits per heavy atom. The van der Waals surface area contributed by atoms with Crippen LogP contribution in [0.25, 0.3) is 0 Å². The van der Waals surface area contributed by atoms with Crippen molar-refractivity contribution in [1.29, 1.82) is 0 Å². The number of H-pyrrole nitrogens is 1. The number of rotatable bonds is 1. The summed E-state index contributed by atoms with van der Waals surface area (Å²) >= 11 is 0. The van der Waals surface area contributed by atoms with Gasteiger partial charge in [-0.1, -0.05) is 0 Å². The van der Waals surface area contributed by atoms with E-state index in [4.69, 9.17) is 10.8 Å². The highest BCUT2D eigenvalue weighted by molar-refractivity contribution is 5.68. The number of nitrogens with one attached hydrogen (secondary N) is 3. The van der Waals surface area contributed by atoms with Gasteiger partial charge in [0.05, 0.1) is 12.1 Å². The molecule has 2 heterocycles. The molecule has 0 aliphatic carbocycles. The Morgan fingerprint density at radius 3 is 3.07 bits per heavy atom. The Balaban J connectivity index is 2.46. The van der Waals surface area contributed by atoms with Crippen LogP contribution < -0.4 is 21.9 Å². The molecule has 0 amide bonds. The standard InChI is InChI=1S/C8H13N5O2/c1-8(3-14)2-10-5-4(13-8)6(15)12-7(9)11-5/h13-14H,2-3H2,1H3,(H4,9,10,11,12,15). The van der Waals surface area contributed by atoms with E-state index in [1.807, 2.05) is 0 Å². The van der Waals surface area contributed by atoms with Crippen molar-refractivity contribution in [2.45, 2.75) is 12.5 Å². The summed E-state index contributed by atoms with van der Waals surface area (Å²) < 4.78 is 0. The van der Waals surface area contributed by atoms with Crippen molar-refractivity contribution in [3.8, 4) is 0 Å². The minimum Gasteiger partial charge on any atom is -0.394 e. The number of hydrogen-bond donors (Lipinski definition) is 5. The van der Waals surface area contributed by atoms with Crippen LogP contribution in [0, 0.1) is 0 Å². The minimum atomic E-state index is -0.558. The highest BCUT2D eigenvalue weighted by Gasteiger charge is 2.30. The maximum atomic E-state index is 11.5. The van der Waals surface area contributed by atoms with E-state index in [1.165, 1.54) is 0 Å². The van der Waals surface area contributed by atoms with Crippen molar-refractivity contribution < 1.29 is 5.11 Å². The monoisotopic (exact) mass is 211 g/mol. The quantitative estimate of drug-likeness (QED) is 0.404. The summed E-state index contributed by atoms with van der Waals surface area (Å²) in [6.07, 6.45) is 0. The van der Waals surface area contributed by atoms with Gasteiger partial charge in [-0.2, -0.15) is 4.98 Å². The zero-order valence-electron chi connectivity index (χ0n) is 8.29. The van der Waals surface area contributed by atoms with E-state index >= 15 is 0 Å². The van der Waals surface area contributed by atoms with Gasteiger partial charge >= 0.3 is 0 Å². The summed E-state index contributed by atoms with van der Waals surface area (Å²) in [7, 11) is 0. The molecule has 0 radical (unpaired) electrons. The lowest BCUT2D eigenvalue weighted by Gasteiger charge is -2.34. The molecule has 7 nitrogen and oxygen atoms in total. The number of aromatic amines is 1. The molecule has 1 aromatic rings. The van der Waals surface area contributed by atoms with Gasteiger partial charge in [0.25, 0.3) is 5.56 Å². The number of nitrogens with zero attached hydrogens (tertiary/aromatic N) is 1. The Labute approximate surface area is 85.7 Å². The fourth-order valence-corrected chi connectivity index (χ4v) is 1.45. The maximum Gasteiger partial charge on any atom is 0.277 e. The predicted octanol–water partition coefficient (Wildman–Crippen LogP) is -1.06. The Morgan fingerprint density at radius 2 is 2.40 bits per heavy atom. The smallest absolute Gasteiger partial charge is 0.277 e. The number of nitrogens with two attached hydrogens (primary N) is 1. The first-order chi connectivity index (χ1) is 7.04. The first-order valence-electron chi connectivity index (χ1n) is 4.57. The normalized spacial score (nSPS) is 23.9. The SMILES string of the molecule is CC1(CO)CNc2nc(N)[nH]c(=O)c2N1. The molecule has 7 heteroatoms. The van der Waals surface area contributed by atoms with Gasteiger partial charge in [0.2, 0.25) is 5.95 Å². The average Bonchev–Trinajstić information content (AvgIpc) is 2.20. The van der Waals surface area contributed by atoms with Crippen LogP contribution in [-0.2, 0) is 0 Å². The molecular weight excluding hydrogens is 198 g/mol. The maximum absolute atomic E-state index is 11.5. The van der Waals surface area contributed by atoms with Crippen LogP contribution in [-0.4, -0.2) is 33.8 Å². The van der Waals surface area contributed by atoms with Gasteiger partial charge in [0, 0.05) is 6.54 Å². The van der Waals surface area contributed by atoms with E-state index in [2.05, 4.69) is 20.6 Å². The predicted molar refractivity (Wildman–Crippen MR) is 56.9 cm³/mol. The van der Waals surface area contributed by atoms with Gasteiger partial charge in [-0.05, 0) is 6.92 Å². The second kappa shape index (κ2) is 3.13. The lowest BCUT2D eigenvalue weighted by Crippen LogP contribution is -2.50. The third-order valence-electron chi connectivity index (χ3n) is 2.36. The van der Waals surface area contributed by atoms with Gasteiger partial charge in [-0.25, -0.2) is 0 Å². The number of anilines is 3. The zero-order valence-corrected chi connectivity index (χ0v) is 8.29. The number of aromatic nitrogens is 2. The topological polar surface area (TPSA) is 116 Å². The molecule has 15 heavy (non-hydrogen) atoms. The molecule has 1 unspecified atom stereocenters. The number of fused-ring (bicyclic) bond motifs is 1. The van der Waals surface area contributed by atoms with E-state index < -0.39 is 5.54 Å². The summed E-state index contributed by atoms with van der Waals surface area (Å²) in [5.41, 5.74) is 4.81. The second-order valence-electron chi connectivity index (χ2n) is 3.87. The van der Waals surface area contributed by atoms with Crippen molar-refractivity contribution in [1.82, 2.24) is 9.97 Å². The number of hydrogen-bond acceptors (Lipinski definition) is 6. The van der Waals surface area contributed by atoms with Crippen LogP contribution in [0.4, 0.5) is 17.5 Å². The number of aliphatic hydroxyl groups excluding tert-OH is 1. The van der Waals surface area contributed by atoms with Gasteiger partial charge < -0.3 is 21.5 Å². The van der Waals surface area contributed by atoms with Crippen LogP contribution in [0.3, 0.4) is 0 Å². The fraction of sp³-hybridized carbons (Fsp3) is 0.500.